The first-order valence-corrected chi connectivity index (χ1v) is 8.79. The summed E-state index contributed by atoms with van der Waals surface area (Å²) in [5.74, 6) is 0.266. The fourth-order valence-electron chi connectivity index (χ4n) is 1.66. The predicted octanol–water partition coefficient (Wildman–Crippen LogP) is 2.82. The third-order valence-electron chi connectivity index (χ3n) is 2.63. The van der Waals surface area contributed by atoms with Crippen molar-refractivity contribution in [3.05, 3.63) is 38.1 Å². The van der Waals surface area contributed by atoms with E-state index in [2.05, 4.69) is 25.6 Å². The molecule has 2 aromatic heterocycles. The molecule has 5 nitrogen and oxygen atoms in total. The Labute approximate surface area is 129 Å². The number of thiophene rings is 1. The number of aromatic nitrogens is 1. The predicted molar refractivity (Wildman–Crippen MR) is 82.5 cm³/mol. The largest absolute Gasteiger partial charge is 0.391 e. The molecule has 0 aromatic carbocycles. The Balaban J connectivity index is 2.35. The number of nitrogens with one attached hydrogen (secondary N) is 1. The second-order valence-corrected chi connectivity index (χ2v) is 8.01. The number of anilines is 1. The van der Waals surface area contributed by atoms with Crippen molar-refractivity contribution >= 4 is 43.1 Å². The molecular weight excluding hydrogens is 364 g/mol. The first-order valence-electron chi connectivity index (χ1n) is 5.69. The Bertz CT molecular complexity index is 741. The van der Waals surface area contributed by atoms with Gasteiger partial charge in [0, 0.05) is 14.2 Å². The standard InChI is InChI=1S/C12H13BrN2O3S2/c1-7-10(13)3-4-12(14-7)15-20(17,18)11-5-9(6-16)19-8(11)2/h3-5,16H,6H2,1-2H3,(H,14,15). The van der Waals surface area contributed by atoms with Crippen molar-refractivity contribution in [3.8, 4) is 0 Å². The van der Waals surface area contributed by atoms with E-state index in [1.54, 1.807) is 26.0 Å². The van der Waals surface area contributed by atoms with E-state index in [9.17, 15) is 8.42 Å². The smallest absolute Gasteiger partial charge is 0.264 e. The van der Waals surface area contributed by atoms with Crippen LogP contribution in [-0.2, 0) is 16.6 Å². The highest BCUT2D eigenvalue weighted by Crippen LogP contribution is 2.27. The molecule has 108 valence electrons. The van der Waals surface area contributed by atoms with Gasteiger partial charge in [-0.2, -0.15) is 0 Å². The second-order valence-electron chi connectivity index (χ2n) is 4.16. The van der Waals surface area contributed by atoms with E-state index in [1.807, 2.05) is 0 Å². The summed E-state index contributed by atoms with van der Waals surface area (Å²) in [6.45, 7) is 3.32. The number of hydrogen-bond acceptors (Lipinski definition) is 5. The summed E-state index contributed by atoms with van der Waals surface area (Å²) in [4.78, 5) is 5.58. The number of nitrogens with zero attached hydrogens (tertiary/aromatic N) is 1. The maximum Gasteiger partial charge on any atom is 0.264 e. The molecule has 0 aliphatic heterocycles. The van der Waals surface area contributed by atoms with Crippen molar-refractivity contribution in [1.29, 1.82) is 0 Å². The van der Waals surface area contributed by atoms with Gasteiger partial charge < -0.3 is 5.11 Å². The van der Waals surface area contributed by atoms with Crippen LogP contribution in [0.3, 0.4) is 0 Å². The van der Waals surface area contributed by atoms with Gasteiger partial charge in [-0.05, 0) is 48.0 Å². The molecule has 2 N–H and O–H groups in total. The summed E-state index contributed by atoms with van der Waals surface area (Å²) in [6, 6.07) is 4.80. The zero-order valence-corrected chi connectivity index (χ0v) is 14.1. The van der Waals surface area contributed by atoms with Gasteiger partial charge in [0.05, 0.1) is 12.3 Å². The summed E-state index contributed by atoms with van der Waals surface area (Å²) < 4.78 is 27.9. The molecule has 2 aromatic rings. The Morgan fingerprint density at radius 1 is 1.40 bits per heavy atom. The third-order valence-corrected chi connectivity index (χ3v) is 6.11. The molecule has 2 heterocycles. The van der Waals surface area contributed by atoms with Gasteiger partial charge in [-0.3, -0.25) is 4.72 Å². The summed E-state index contributed by atoms with van der Waals surface area (Å²) in [5.41, 5.74) is 0.697. The lowest BCUT2D eigenvalue weighted by Crippen LogP contribution is -2.14. The highest BCUT2D eigenvalue weighted by molar-refractivity contribution is 9.10. The van der Waals surface area contributed by atoms with Crippen LogP contribution in [0.2, 0.25) is 0 Å². The number of pyridine rings is 1. The van der Waals surface area contributed by atoms with Crippen LogP contribution in [0.15, 0.2) is 27.6 Å². The van der Waals surface area contributed by atoms with E-state index in [1.165, 1.54) is 17.4 Å². The lowest BCUT2D eigenvalue weighted by atomic mass is 10.4. The van der Waals surface area contributed by atoms with E-state index < -0.39 is 10.0 Å². The van der Waals surface area contributed by atoms with Crippen molar-refractivity contribution in [2.45, 2.75) is 25.3 Å². The fraction of sp³-hybridized carbons (Fsp3) is 0.250. The molecule has 8 heteroatoms. The zero-order chi connectivity index (χ0) is 14.9. The van der Waals surface area contributed by atoms with Crippen LogP contribution in [0.1, 0.15) is 15.4 Å². The summed E-state index contributed by atoms with van der Waals surface area (Å²) >= 11 is 4.57. The number of sulfonamides is 1. The molecule has 0 radical (unpaired) electrons. The maximum atomic E-state index is 12.3. The number of aliphatic hydroxyl groups excluding tert-OH is 1. The van der Waals surface area contributed by atoms with Crippen LogP contribution in [-0.4, -0.2) is 18.5 Å². The highest BCUT2D eigenvalue weighted by atomic mass is 79.9. The molecule has 0 fully saturated rings. The van der Waals surface area contributed by atoms with Gasteiger partial charge in [0.15, 0.2) is 0 Å². The Hall–Kier alpha value is -0.960. The van der Waals surface area contributed by atoms with Crippen LogP contribution in [0.5, 0.6) is 0 Å². The molecule has 20 heavy (non-hydrogen) atoms. The normalized spacial score (nSPS) is 11.6. The monoisotopic (exact) mass is 376 g/mol. The lowest BCUT2D eigenvalue weighted by molar-refractivity contribution is 0.285. The van der Waals surface area contributed by atoms with Gasteiger partial charge in [0.2, 0.25) is 0 Å². The van der Waals surface area contributed by atoms with Crippen molar-refractivity contribution in [1.82, 2.24) is 4.98 Å². The molecule has 0 aliphatic carbocycles. The second kappa shape index (κ2) is 5.80. The van der Waals surface area contributed by atoms with Crippen molar-refractivity contribution in [3.63, 3.8) is 0 Å². The zero-order valence-electron chi connectivity index (χ0n) is 10.8. The van der Waals surface area contributed by atoms with E-state index in [0.29, 0.717) is 15.4 Å². The molecule has 0 amide bonds. The van der Waals surface area contributed by atoms with Gasteiger partial charge in [-0.1, -0.05) is 0 Å². The molecule has 0 spiro atoms. The molecule has 0 unspecified atom stereocenters. The number of halogens is 1. The average Bonchev–Trinajstić information content (AvgIpc) is 2.76. The van der Waals surface area contributed by atoms with Crippen LogP contribution in [0.4, 0.5) is 5.82 Å². The number of aryl methyl sites for hydroxylation is 2. The molecule has 0 saturated heterocycles. The number of aliphatic hydroxyl groups is 1. The molecular formula is C12H13BrN2O3S2. The molecule has 0 aliphatic rings. The Kier molecular flexibility index (Phi) is 4.48. The SMILES string of the molecule is Cc1nc(NS(=O)(=O)c2cc(CO)sc2C)ccc1Br. The van der Waals surface area contributed by atoms with Crippen LogP contribution in [0.25, 0.3) is 0 Å². The first-order chi connectivity index (χ1) is 9.33. The molecule has 0 atom stereocenters. The summed E-state index contributed by atoms with van der Waals surface area (Å²) in [6.07, 6.45) is 0. The number of hydrogen-bond donors (Lipinski definition) is 2. The van der Waals surface area contributed by atoms with E-state index >= 15 is 0 Å². The molecule has 0 saturated carbocycles. The van der Waals surface area contributed by atoms with Gasteiger partial charge >= 0.3 is 0 Å². The maximum absolute atomic E-state index is 12.3. The van der Waals surface area contributed by atoms with Gasteiger partial charge in [-0.25, -0.2) is 13.4 Å². The van der Waals surface area contributed by atoms with Gasteiger partial charge in [0.25, 0.3) is 10.0 Å². The van der Waals surface area contributed by atoms with E-state index in [0.717, 1.165) is 4.47 Å². The van der Waals surface area contributed by atoms with Gasteiger partial charge in [0.1, 0.15) is 10.7 Å². The van der Waals surface area contributed by atoms with Crippen molar-refractivity contribution < 1.29 is 13.5 Å². The summed E-state index contributed by atoms with van der Waals surface area (Å²) in [5, 5.41) is 9.08. The minimum Gasteiger partial charge on any atom is -0.391 e. The quantitative estimate of drug-likeness (QED) is 0.859. The van der Waals surface area contributed by atoms with Crippen LogP contribution in [0, 0.1) is 13.8 Å². The summed E-state index contributed by atoms with van der Waals surface area (Å²) in [7, 11) is -3.69. The third kappa shape index (κ3) is 3.20. The van der Waals surface area contributed by atoms with Crippen LogP contribution >= 0.6 is 27.3 Å². The molecule has 0 bridgehead atoms. The number of rotatable bonds is 4. The first kappa shape index (κ1) is 15.4. The highest BCUT2D eigenvalue weighted by Gasteiger charge is 2.20. The van der Waals surface area contributed by atoms with Crippen LogP contribution < -0.4 is 4.72 Å². The minimum absolute atomic E-state index is 0.170. The van der Waals surface area contributed by atoms with Crippen molar-refractivity contribution in [2.24, 2.45) is 0 Å². The Morgan fingerprint density at radius 3 is 2.65 bits per heavy atom. The van der Waals surface area contributed by atoms with E-state index in [4.69, 9.17) is 5.11 Å². The molecule has 2 rings (SSSR count). The van der Waals surface area contributed by atoms with Gasteiger partial charge in [-0.15, -0.1) is 11.3 Å². The van der Waals surface area contributed by atoms with E-state index in [-0.39, 0.29) is 17.3 Å². The average molecular weight is 377 g/mol. The topological polar surface area (TPSA) is 79.3 Å². The Morgan fingerprint density at radius 2 is 2.10 bits per heavy atom. The fourth-order valence-corrected chi connectivity index (χ4v) is 4.38. The van der Waals surface area contributed by atoms with Crippen molar-refractivity contribution in [2.75, 3.05) is 4.72 Å². The minimum atomic E-state index is -3.69. The lowest BCUT2D eigenvalue weighted by Gasteiger charge is -2.08.